The van der Waals surface area contributed by atoms with E-state index in [1.54, 1.807) is 24.1 Å². The number of nitrogens with one attached hydrogen (secondary N) is 1. The Kier molecular flexibility index (Phi) is 7.01. The van der Waals surface area contributed by atoms with Crippen LogP contribution in [-0.4, -0.2) is 66.8 Å². The van der Waals surface area contributed by atoms with E-state index in [0.717, 1.165) is 0 Å². The van der Waals surface area contributed by atoms with Gasteiger partial charge in [0.1, 0.15) is 17.5 Å². The van der Waals surface area contributed by atoms with Crippen LogP contribution in [0.4, 0.5) is 15.9 Å². The van der Waals surface area contributed by atoms with E-state index in [9.17, 15) is 18.8 Å². The van der Waals surface area contributed by atoms with Crippen molar-refractivity contribution in [3.05, 3.63) is 47.7 Å². The van der Waals surface area contributed by atoms with Crippen LogP contribution in [-0.2, 0) is 20.9 Å². The molecule has 0 saturated carbocycles. The zero-order valence-electron chi connectivity index (χ0n) is 18.6. The molecule has 0 spiro atoms. The SMILES string of the molecule is CC(=O)NCC(=O)N(C)Cc1nc(C2CC(=O)N(c3ccc(F)cc3)C2)cc(N(C)C)n1. The highest BCUT2D eigenvalue weighted by Crippen LogP contribution is 2.32. The largest absolute Gasteiger partial charge is 0.363 e. The lowest BCUT2D eigenvalue weighted by Gasteiger charge is -2.20. The van der Waals surface area contributed by atoms with Gasteiger partial charge in [0.25, 0.3) is 0 Å². The summed E-state index contributed by atoms with van der Waals surface area (Å²) in [4.78, 5) is 50.0. The molecular formula is C22H27FN6O3. The molecule has 170 valence electrons. The highest BCUT2D eigenvalue weighted by atomic mass is 19.1. The summed E-state index contributed by atoms with van der Waals surface area (Å²) >= 11 is 0. The Hall–Kier alpha value is -3.56. The third kappa shape index (κ3) is 5.57. The highest BCUT2D eigenvalue weighted by molar-refractivity contribution is 5.96. The minimum Gasteiger partial charge on any atom is -0.363 e. The van der Waals surface area contributed by atoms with Gasteiger partial charge in [-0.25, -0.2) is 14.4 Å². The van der Waals surface area contributed by atoms with Crippen molar-refractivity contribution in [1.82, 2.24) is 20.2 Å². The number of carbonyl (C=O) groups excluding carboxylic acids is 3. The molecule has 1 N–H and O–H groups in total. The van der Waals surface area contributed by atoms with Crippen LogP contribution in [0.15, 0.2) is 30.3 Å². The number of carbonyl (C=O) groups is 3. The van der Waals surface area contributed by atoms with Gasteiger partial charge in [0.05, 0.1) is 18.8 Å². The van der Waals surface area contributed by atoms with Crippen molar-refractivity contribution in [1.29, 1.82) is 0 Å². The average Bonchev–Trinajstić information content (AvgIpc) is 3.13. The monoisotopic (exact) mass is 442 g/mol. The number of amides is 3. The van der Waals surface area contributed by atoms with Gasteiger partial charge in [0, 0.05) is 58.7 Å². The summed E-state index contributed by atoms with van der Waals surface area (Å²) in [7, 11) is 5.32. The number of aromatic nitrogens is 2. The first-order valence-corrected chi connectivity index (χ1v) is 10.2. The van der Waals surface area contributed by atoms with E-state index in [1.165, 1.54) is 24.0 Å². The number of rotatable bonds is 7. The zero-order valence-corrected chi connectivity index (χ0v) is 18.6. The average molecular weight is 442 g/mol. The maximum Gasteiger partial charge on any atom is 0.242 e. The molecule has 9 nitrogen and oxygen atoms in total. The molecule has 1 aliphatic rings. The maximum absolute atomic E-state index is 13.3. The van der Waals surface area contributed by atoms with Crippen molar-refractivity contribution < 1.29 is 18.8 Å². The molecule has 1 fully saturated rings. The molecule has 1 aliphatic heterocycles. The summed E-state index contributed by atoms with van der Waals surface area (Å²) in [5.74, 6) is -0.0112. The van der Waals surface area contributed by atoms with Gasteiger partial charge in [0.2, 0.25) is 17.7 Å². The predicted molar refractivity (Wildman–Crippen MR) is 118 cm³/mol. The van der Waals surface area contributed by atoms with Gasteiger partial charge < -0.3 is 20.0 Å². The van der Waals surface area contributed by atoms with Gasteiger partial charge in [-0.1, -0.05) is 0 Å². The normalized spacial score (nSPS) is 15.6. The van der Waals surface area contributed by atoms with Gasteiger partial charge >= 0.3 is 0 Å². The fraction of sp³-hybridized carbons (Fsp3) is 0.409. The van der Waals surface area contributed by atoms with Crippen molar-refractivity contribution in [2.45, 2.75) is 25.8 Å². The van der Waals surface area contributed by atoms with E-state index in [2.05, 4.69) is 15.3 Å². The number of benzene rings is 1. The van der Waals surface area contributed by atoms with Crippen molar-refractivity contribution in [3.63, 3.8) is 0 Å². The number of halogens is 1. The second-order valence-electron chi connectivity index (χ2n) is 8.00. The second kappa shape index (κ2) is 9.71. The van der Waals surface area contributed by atoms with Gasteiger partial charge in [0.15, 0.2) is 0 Å². The van der Waals surface area contributed by atoms with E-state index >= 15 is 0 Å². The maximum atomic E-state index is 13.3. The molecule has 10 heteroatoms. The van der Waals surface area contributed by atoms with Crippen molar-refractivity contribution in [3.8, 4) is 0 Å². The van der Waals surface area contributed by atoms with E-state index in [1.807, 2.05) is 25.1 Å². The Labute approximate surface area is 186 Å². The van der Waals surface area contributed by atoms with Crippen molar-refractivity contribution in [2.75, 3.05) is 44.0 Å². The van der Waals surface area contributed by atoms with Crippen LogP contribution in [0.3, 0.4) is 0 Å². The fourth-order valence-corrected chi connectivity index (χ4v) is 3.42. The van der Waals surface area contributed by atoms with Crippen molar-refractivity contribution in [2.24, 2.45) is 0 Å². The van der Waals surface area contributed by atoms with Crippen LogP contribution >= 0.6 is 0 Å². The molecule has 0 bridgehead atoms. The first kappa shape index (κ1) is 23.1. The molecule has 3 rings (SSSR count). The van der Waals surface area contributed by atoms with Crippen molar-refractivity contribution >= 4 is 29.2 Å². The van der Waals surface area contributed by atoms with Crippen LogP contribution in [0.1, 0.15) is 30.8 Å². The summed E-state index contributed by atoms with van der Waals surface area (Å²) in [6.07, 6.45) is 0.276. The molecule has 0 radical (unpaired) electrons. The molecule has 1 aromatic carbocycles. The molecule has 2 aromatic rings. The standard InChI is InChI=1S/C22H27FN6O3/c1-14(30)24-11-22(32)28(4)13-19-25-18(10-20(26-19)27(2)3)15-9-21(31)29(12-15)17-7-5-16(23)6-8-17/h5-8,10,15H,9,11-13H2,1-4H3,(H,24,30). The Bertz CT molecular complexity index is 1010. The number of anilines is 2. The lowest BCUT2D eigenvalue weighted by atomic mass is 10.0. The van der Waals surface area contributed by atoms with Gasteiger partial charge in [-0.3, -0.25) is 14.4 Å². The van der Waals surface area contributed by atoms with Crippen LogP contribution in [0, 0.1) is 5.82 Å². The minimum absolute atomic E-state index is 0.0595. The van der Waals surface area contributed by atoms with E-state index < -0.39 is 0 Å². The molecule has 32 heavy (non-hydrogen) atoms. The molecule has 1 saturated heterocycles. The third-order valence-electron chi connectivity index (χ3n) is 5.21. The third-order valence-corrected chi connectivity index (χ3v) is 5.21. The van der Waals surface area contributed by atoms with E-state index in [0.29, 0.717) is 29.6 Å². The zero-order chi connectivity index (χ0) is 23.4. The van der Waals surface area contributed by atoms with Crippen LogP contribution in [0.2, 0.25) is 0 Å². The highest BCUT2D eigenvalue weighted by Gasteiger charge is 2.33. The molecular weight excluding hydrogens is 415 g/mol. The number of hydrogen-bond acceptors (Lipinski definition) is 6. The second-order valence-corrected chi connectivity index (χ2v) is 8.00. The Morgan fingerprint density at radius 3 is 2.50 bits per heavy atom. The van der Waals surface area contributed by atoms with Crippen LogP contribution in [0.25, 0.3) is 0 Å². The lowest BCUT2D eigenvalue weighted by molar-refractivity contribution is -0.131. The molecule has 1 atom stereocenters. The summed E-state index contributed by atoms with van der Waals surface area (Å²) < 4.78 is 13.3. The molecule has 3 amide bonds. The molecule has 2 heterocycles. The Morgan fingerprint density at radius 2 is 1.88 bits per heavy atom. The fourth-order valence-electron chi connectivity index (χ4n) is 3.42. The van der Waals surface area contributed by atoms with Crippen LogP contribution < -0.4 is 15.1 Å². The topological polar surface area (TPSA) is 98.7 Å². The summed E-state index contributed by atoms with van der Waals surface area (Å²) in [6, 6.07) is 7.67. The number of hydrogen-bond donors (Lipinski definition) is 1. The molecule has 1 aromatic heterocycles. The van der Waals surface area contributed by atoms with Crippen LogP contribution in [0.5, 0.6) is 0 Å². The summed E-state index contributed by atoms with van der Waals surface area (Å²) in [5, 5.41) is 2.48. The van der Waals surface area contributed by atoms with E-state index in [-0.39, 0.29) is 49.0 Å². The molecule has 0 aliphatic carbocycles. The Balaban J connectivity index is 1.80. The first-order chi connectivity index (χ1) is 15.1. The summed E-state index contributed by atoms with van der Waals surface area (Å²) in [6.45, 7) is 1.83. The van der Waals surface area contributed by atoms with Gasteiger partial charge in [-0.05, 0) is 24.3 Å². The predicted octanol–water partition coefficient (Wildman–Crippen LogP) is 1.30. The minimum atomic E-state index is -0.356. The summed E-state index contributed by atoms with van der Waals surface area (Å²) in [5.41, 5.74) is 1.35. The number of nitrogens with zero attached hydrogens (tertiary/aromatic N) is 5. The Morgan fingerprint density at radius 1 is 1.19 bits per heavy atom. The molecule has 1 unspecified atom stereocenters. The quantitative estimate of drug-likeness (QED) is 0.694. The number of likely N-dealkylation sites (N-methyl/N-ethyl adjacent to an activating group) is 1. The first-order valence-electron chi connectivity index (χ1n) is 10.2. The smallest absolute Gasteiger partial charge is 0.242 e. The van der Waals surface area contributed by atoms with Gasteiger partial charge in [-0.15, -0.1) is 0 Å². The lowest BCUT2D eigenvalue weighted by Crippen LogP contribution is -2.37. The van der Waals surface area contributed by atoms with Gasteiger partial charge in [-0.2, -0.15) is 0 Å². The van der Waals surface area contributed by atoms with E-state index in [4.69, 9.17) is 0 Å².